The Balaban J connectivity index is 2.82. The van der Waals surface area contributed by atoms with Gasteiger partial charge in [-0.15, -0.1) is 0 Å². The molecule has 0 saturated heterocycles. The Kier molecular flexibility index (Phi) is 3.10. The van der Waals surface area contributed by atoms with E-state index >= 15 is 0 Å². The maximum absolute atomic E-state index is 9.81. The Morgan fingerprint density at radius 3 is 2.71 bits per heavy atom. The van der Waals surface area contributed by atoms with E-state index in [1.54, 1.807) is 0 Å². The fourth-order valence-electron chi connectivity index (χ4n) is 0.176. The van der Waals surface area contributed by atoms with E-state index in [0.717, 1.165) is 0 Å². The van der Waals surface area contributed by atoms with Gasteiger partial charge in [0.25, 0.3) is 0 Å². The molecule has 7 heavy (non-hydrogen) atoms. The van der Waals surface area contributed by atoms with Crippen LogP contribution in [0.4, 0.5) is 4.79 Å². The summed E-state index contributed by atoms with van der Waals surface area (Å²) in [6, 6.07) is -0.554. The van der Waals surface area contributed by atoms with Crippen molar-refractivity contribution >= 4 is 6.03 Å². The van der Waals surface area contributed by atoms with Gasteiger partial charge in [-0.2, -0.15) is 0 Å². The summed E-state index contributed by atoms with van der Waals surface area (Å²) in [5.74, 6) is 0. The molecule has 0 atom stereocenters. The van der Waals surface area contributed by atoms with Gasteiger partial charge in [-0.05, 0) is 6.42 Å². The Bertz CT molecular complexity index is 62.7. The first kappa shape index (κ1) is 6.27. The smallest absolute Gasteiger partial charge is 0.312 e. The highest BCUT2D eigenvalue weighted by molar-refractivity contribution is 5.72. The second-order valence-electron chi connectivity index (χ2n) is 1.02. The molecule has 0 fully saturated rings. The van der Waals surface area contributed by atoms with E-state index in [1.165, 1.54) is 0 Å². The molecule has 0 heterocycles. The highest BCUT2D eigenvalue weighted by Gasteiger charge is 1.85. The number of nitrogens with one attached hydrogen (secondary N) is 1. The first-order chi connectivity index (χ1) is 3.27. The number of amides is 2. The minimum atomic E-state index is -0.554. The van der Waals surface area contributed by atoms with Crippen LogP contribution in [0.2, 0.25) is 0 Å². The zero-order chi connectivity index (χ0) is 5.70. The normalized spacial score (nSPS) is 8.14. The fraction of sp³-hybridized carbons (Fsp3) is 0.500. The van der Waals surface area contributed by atoms with Crippen molar-refractivity contribution in [2.45, 2.75) is 13.3 Å². The lowest BCUT2D eigenvalue weighted by Gasteiger charge is -1.91. The number of hydrogen-bond donors (Lipinski definition) is 2. The summed E-state index contributed by atoms with van der Waals surface area (Å²) in [5, 5.41) is 2.18. The van der Waals surface area contributed by atoms with Crippen LogP contribution in [-0.4, -0.2) is 6.03 Å². The van der Waals surface area contributed by atoms with Crippen LogP contribution in [-0.2, 0) is 0 Å². The maximum atomic E-state index is 9.81. The van der Waals surface area contributed by atoms with Gasteiger partial charge in [0.1, 0.15) is 0 Å². The van der Waals surface area contributed by atoms with Crippen molar-refractivity contribution < 1.29 is 4.79 Å². The molecule has 0 aliphatic carbocycles. The van der Waals surface area contributed by atoms with Crippen LogP contribution >= 0.6 is 0 Å². The Morgan fingerprint density at radius 2 is 2.57 bits per heavy atom. The van der Waals surface area contributed by atoms with Gasteiger partial charge in [0.2, 0.25) is 0 Å². The molecular weight excluding hydrogens is 92.1 g/mol. The van der Waals surface area contributed by atoms with E-state index in [-0.39, 0.29) is 0 Å². The zero-order valence-corrected chi connectivity index (χ0v) is 4.19. The monoisotopic (exact) mass is 100 g/mol. The summed E-state index contributed by atoms with van der Waals surface area (Å²) in [6.07, 6.45) is 0.683. The molecule has 3 nitrogen and oxygen atoms in total. The van der Waals surface area contributed by atoms with E-state index in [0.29, 0.717) is 6.42 Å². The van der Waals surface area contributed by atoms with E-state index in [2.05, 4.69) is 17.6 Å². The molecule has 0 aliphatic heterocycles. The van der Waals surface area contributed by atoms with Gasteiger partial charge in [-0.3, -0.25) is 0 Å². The average Bonchev–Trinajstić information content (AvgIpc) is 1.61. The SMILES string of the molecule is CC[C]NC(N)=O. The van der Waals surface area contributed by atoms with E-state index < -0.39 is 6.03 Å². The van der Waals surface area contributed by atoms with Crippen molar-refractivity contribution in [1.29, 1.82) is 0 Å². The van der Waals surface area contributed by atoms with Gasteiger partial charge in [-0.25, -0.2) is 4.79 Å². The van der Waals surface area contributed by atoms with Crippen LogP contribution < -0.4 is 11.1 Å². The van der Waals surface area contributed by atoms with Gasteiger partial charge in [-0.1, -0.05) is 6.92 Å². The van der Waals surface area contributed by atoms with Gasteiger partial charge >= 0.3 is 6.03 Å². The third-order valence-electron chi connectivity index (χ3n) is 0.388. The van der Waals surface area contributed by atoms with Crippen LogP contribution in [0.15, 0.2) is 0 Å². The van der Waals surface area contributed by atoms with Crippen LogP contribution in [0.25, 0.3) is 0 Å². The molecule has 0 aromatic rings. The highest BCUT2D eigenvalue weighted by Crippen LogP contribution is 1.74. The largest absolute Gasteiger partial charge is 0.352 e. The number of rotatable bonds is 2. The average molecular weight is 100 g/mol. The van der Waals surface area contributed by atoms with E-state index in [4.69, 9.17) is 0 Å². The molecule has 0 aromatic heterocycles. The van der Waals surface area contributed by atoms with Gasteiger partial charge < -0.3 is 11.1 Å². The summed E-state index contributed by atoms with van der Waals surface area (Å²) in [4.78, 5) is 9.81. The second kappa shape index (κ2) is 3.46. The number of urea groups is 1. The van der Waals surface area contributed by atoms with Crippen molar-refractivity contribution in [3.05, 3.63) is 6.54 Å². The predicted molar refractivity (Wildman–Crippen MR) is 26.3 cm³/mol. The van der Waals surface area contributed by atoms with Crippen LogP contribution in [0, 0.1) is 6.54 Å². The van der Waals surface area contributed by atoms with Crippen molar-refractivity contribution in [2.24, 2.45) is 5.73 Å². The summed E-state index contributed by atoms with van der Waals surface area (Å²) < 4.78 is 0. The zero-order valence-electron chi connectivity index (χ0n) is 4.19. The van der Waals surface area contributed by atoms with Crippen molar-refractivity contribution in [3.8, 4) is 0 Å². The molecule has 40 valence electrons. The lowest BCUT2D eigenvalue weighted by atomic mass is 10.5. The predicted octanol–water partition coefficient (Wildman–Crippen LogP) is 0.103. The minimum absolute atomic E-state index is 0.554. The van der Waals surface area contributed by atoms with E-state index in [1.807, 2.05) is 6.92 Å². The number of hydrogen-bond acceptors (Lipinski definition) is 1. The van der Waals surface area contributed by atoms with Crippen molar-refractivity contribution in [2.75, 3.05) is 0 Å². The van der Waals surface area contributed by atoms with Crippen LogP contribution in [0.3, 0.4) is 0 Å². The molecule has 2 radical (unpaired) electrons. The molecule has 2 amide bonds. The number of carbonyl (C=O) groups is 1. The standard InChI is InChI=1S/C4H8N2O/c1-2-3-6-4(5)7/h2H2,1H3,(H3,5,6,7). The molecule has 0 bridgehead atoms. The van der Waals surface area contributed by atoms with Gasteiger partial charge in [0.15, 0.2) is 0 Å². The fourth-order valence-corrected chi connectivity index (χ4v) is 0.176. The third kappa shape index (κ3) is 5.27. The summed E-state index contributed by atoms with van der Waals surface area (Å²) in [5.41, 5.74) is 4.67. The van der Waals surface area contributed by atoms with Crippen LogP contribution in [0.5, 0.6) is 0 Å². The first-order valence-electron chi connectivity index (χ1n) is 2.05. The maximum Gasteiger partial charge on any atom is 0.312 e. The Hall–Kier alpha value is -0.730. The number of carbonyl (C=O) groups excluding carboxylic acids is 1. The summed E-state index contributed by atoms with van der Waals surface area (Å²) >= 11 is 0. The molecule has 3 heteroatoms. The summed E-state index contributed by atoms with van der Waals surface area (Å²) in [6.45, 7) is 4.38. The Morgan fingerprint density at radius 1 is 2.00 bits per heavy atom. The van der Waals surface area contributed by atoms with Gasteiger partial charge in [0, 0.05) is 0 Å². The van der Waals surface area contributed by atoms with E-state index in [9.17, 15) is 4.79 Å². The molecule has 0 rings (SSSR count). The Labute approximate surface area is 42.9 Å². The first-order valence-corrected chi connectivity index (χ1v) is 2.05. The van der Waals surface area contributed by atoms with Gasteiger partial charge in [0.05, 0.1) is 6.54 Å². The highest BCUT2D eigenvalue weighted by atomic mass is 16.2. The van der Waals surface area contributed by atoms with Crippen molar-refractivity contribution in [3.63, 3.8) is 0 Å². The molecule has 0 spiro atoms. The molecule has 3 N–H and O–H groups in total. The topological polar surface area (TPSA) is 55.1 Å². The second-order valence-corrected chi connectivity index (χ2v) is 1.02. The lowest BCUT2D eigenvalue weighted by molar-refractivity contribution is 0.250. The molecule has 0 aliphatic rings. The number of nitrogens with two attached hydrogens (primary N) is 1. The molecule has 0 unspecified atom stereocenters. The quantitative estimate of drug-likeness (QED) is 0.475. The van der Waals surface area contributed by atoms with Crippen molar-refractivity contribution in [1.82, 2.24) is 5.32 Å². The number of primary amides is 1. The van der Waals surface area contributed by atoms with Crippen LogP contribution in [0.1, 0.15) is 13.3 Å². The minimum Gasteiger partial charge on any atom is -0.352 e. The molecule has 0 saturated carbocycles. The summed E-state index contributed by atoms with van der Waals surface area (Å²) in [7, 11) is 0. The molecular formula is C4H8N2O. The third-order valence-corrected chi connectivity index (χ3v) is 0.388. The lowest BCUT2D eigenvalue weighted by Crippen LogP contribution is -2.26. The molecule has 0 aromatic carbocycles.